The van der Waals surface area contributed by atoms with Crippen molar-refractivity contribution in [2.24, 2.45) is 0 Å². The van der Waals surface area contributed by atoms with Crippen molar-refractivity contribution in [3.63, 3.8) is 0 Å². The van der Waals surface area contributed by atoms with Gasteiger partial charge in [0.25, 0.3) is 0 Å². The molecule has 0 aromatic carbocycles. The Morgan fingerprint density at radius 3 is 1.90 bits per heavy atom. The van der Waals surface area contributed by atoms with Gasteiger partial charge in [0.2, 0.25) is 0 Å². The molecule has 0 aliphatic heterocycles. The Labute approximate surface area is 186 Å². The predicted molar refractivity (Wildman–Crippen MR) is 119 cm³/mol. The largest absolute Gasteiger partial charge is 0.365 e. The van der Waals surface area contributed by atoms with E-state index in [-0.39, 0.29) is 0 Å². The van der Waals surface area contributed by atoms with E-state index in [4.69, 9.17) is 0 Å². The molecule has 0 aliphatic carbocycles. The van der Waals surface area contributed by atoms with Gasteiger partial charge in [-0.1, -0.05) is 5.16 Å². The molecule has 5 rings (SSSR count). The molecule has 5 aromatic rings. The zero-order valence-electron chi connectivity index (χ0n) is 17.3. The molecule has 0 atom stereocenters. The minimum Gasteiger partial charge on any atom is -0.365 e. The number of hydrogen-bond donors (Lipinski definition) is 1. The monoisotopic (exact) mass is 465 g/mol. The van der Waals surface area contributed by atoms with E-state index >= 15 is 0 Å². The SMILES string of the molecule is Cc1ccon1.Cc1nccs1.Cc1ncn[nH]1.Cc1ncns1.Cc1nncs1. The van der Waals surface area contributed by atoms with Gasteiger partial charge in [0.05, 0.1) is 10.7 Å². The van der Waals surface area contributed by atoms with Gasteiger partial charge in [-0.15, -0.1) is 32.9 Å². The van der Waals surface area contributed by atoms with Crippen LogP contribution >= 0.6 is 34.2 Å². The van der Waals surface area contributed by atoms with Crippen LogP contribution in [0.2, 0.25) is 0 Å². The molecule has 10 nitrogen and oxygen atoms in total. The van der Waals surface area contributed by atoms with E-state index in [1.54, 1.807) is 53.0 Å². The van der Waals surface area contributed by atoms with Crippen molar-refractivity contribution in [1.29, 1.82) is 0 Å². The smallest absolute Gasteiger partial charge is 0.137 e. The molecule has 1 N–H and O–H groups in total. The molecule has 13 heteroatoms. The standard InChI is InChI=1S/C4H5NO.C4H5NS.C3H5N3.2C3H4N2S/c1-4-2-3-6-5-4;1-4-5-2-3-6-4;1-3-4-2-5-6-3;1-3-5-4-2-6-3;1-3-4-2-5-6-3/h2*2-3H,1H3;2H,1H3,(H,4,5,6);2*2H,1H3. The summed E-state index contributed by atoms with van der Waals surface area (Å²) in [5.74, 6) is 0.856. The second-order valence-corrected chi connectivity index (χ2v) is 8.30. The highest BCUT2D eigenvalue weighted by Gasteiger charge is 1.79. The molecule has 0 saturated carbocycles. The molecule has 5 aromatic heterocycles. The zero-order valence-corrected chi connectivity index (χ0v) is 19.7. The van der Waals surface area contributed by atoms with E-state index in [2.05, 4.69) is 49.4 Å². The lowest BCUT2D eigenvalue weighted by Gasteiger charge is -1.66. The molecular weight excluding hydrogens is 442 g/mol. The molecule has 5 heterocycles. The molecule has 0 bridgehead atoms. The van der Waals surface area contributed by atoms with Crippen molar-refractivity contribution >= 4 is 34.2 Å². The first kappa shape index (κ1) is 25.1. The van der Waals surface area contributed by atoms with Crippen molar-refractivity contribution in [2.75, 3.05) is 0 Å². The highest BCUT2D eigenvalue weighted by molar-refractivity contribution is 7.09. The Balaban J connectivity index is 0.000000187. The van der Waals surface area contributed by atoms with Crippen LogP contribution in [0, 0.1) is 34.6 Å². The summed E-state index contributed by atoms with van der Waals surface area (Å²) in [6.45, 7) is 9.58. The van der Waals surface area contributed by atoms with Crippen LogP contribution < -0.4 is 0 Å². The van der Waals surface area contributed by atoms with Crippen molar-refractivity contribution in [1.82, 2.24) is 44.9 Å². The van der Waals surface area contributed by atoms with Crippen molar-refractivity contribution in [3.8, 4) is 0 Å². The first-order valence-electron chi connectivity index (χ1n) is 8.48. The maximum absolute atomic E-state index is 4.46. The average molecular weight is 466 g/mol. The summed E-state index contributed by atoms with van der Waals surface area (Å²) in [7, 11) is 0. The van der Waals surface area contributed by atoms with Crippen LogP contribution in [-0.2, 0) is 0 Å². The Bertz CT molecular complexity index is 750. The van der Waals surface area contributed by atoms with Gasteiger partial charge < -0.3 is 4.52 Å². The number of aromatic nitrogens is 9. The van der Waals surface area contributed by atoms with E-state index in [1.165, 1.54) is 17.9 Å². The summed E-state index contributed by atoms with van der Waals surface area (Å²) in [6.07, 6.45) is 6.39. The number of nitrogens with zero attached hydrogens (tertiary/aromatic N) is 8. The lowest BCUT2D eigenvalue weighted by atomic mass is 10.5. The van der Waals surface area contributed by atoms with Crippen LogP contribution in [0.15, 0.2) is 46.6 Å². The van der Waals surface area contributed by atoms with Crippen LogP contribution in [0.1, 0.15) is 26.5 Å². The molecule has 0 aliphatic rings. The molecular formula is C17H23N9OS3. The average Bonchev–Trinajstić information content (AvgIpc) is 3.50. The minimum atomic E-state index is 0.856. The number of hydrogen-bond acceptors (Lipinski definition) is 12. The van der Waals surface area contributed by atoms with Gasteiger partial charge in [-0.3, -0.25) is 10.1 Å². The molecule has 0 amide bonds. The number of aromatic amines is 1. The van der Waals surface area contributed by atoms with Gasteiger partial charge in [-0.25, -0.2) is 9.97 Å². The fourth-order valence-corrected chi connectivity index (χ4v) is 2.41. The van der Waals surface area contributed by atoms with Gasteiger partial charge in [0.1, 0.15) is 40.3 Å². The molecule has 0 fully saturated rings. The second kappa shape index (κ2) is 16.0. The van der Waals surface area contributed by atoms with Crippen molar-refractivity contribution < 1.29 is 4.52 Å². The topological polar surface area (TPSA) is 132 Å². The number of nitrogens with one attached hydrogen (secondary N) is 1. The van der Waals surface area contributed by atoms with Crippen LogP contribution in [0.3, 0.4) is 0 Å². The second-order valence-electron chi connectivity index (χ2n) is 5.18. The van der Waals surface area contributed by atoms with Gasteiger partial charge in [-0.2, -0.15) is 9.47 Å². The Morgan fingerprint density at radius 1 is 0.900 bits per heavy atom. The van der Waals surface area contributed by atoms with E-state index in [1.807, 2.05) is 40.0 Å². The quantitative estimate of drug-likeness (QED) is 0.356. The third kappa shape index (κ3) is 14.1. The van der Waals surface area contributed by atoms with Crippen LogP contribution in [-0.4, -0.2) is 44.9 Å². The molecule has 0 spiro atoms. The first-order chi connectivity index (χ1) is 14.5. The third-order valence-corrected chi connectivity index (χ3v) is 4.49. The fourth-order valence-electron chi connectivity index (χ4n) is 1.29. The lowest BCUT2D eigenvalue weighted by molar-refractivity contribution is 0.415. The van der Waals surface area contributed by atoms with E-state index < -0.39 is 0 Å². The highest BCUT2D eigenvalue weighted by atomic mass is 32.1. The van der Waals surface area contributed by atoms with E-state index in [0.29, 0.717) is 0 Å². The van der Waals surface area contributed by atoms with Gasteiger partial charge in [0.15, 0.2) is 0 Å². The summed E-state index contributed by atoms with van der Waals surface area (Å²) in [4.78, 5) is 11.5. The van der Waals surface area contributed by atoms with Crippen molar-refractivity contribution in [2.45, 2.75) is 34.6 Å². The van der Waals surface area contributed by atoms with Gasteiger partial charge in [0, 0.05) is 17.6 Å². The normalized spacial score (nSPS) is 8.83. The van der Waals surface area contributed by atoms with Gasteiger partial charge in [-0.05, 0) is 46.2 Å². The Morgan fingerprint density at radius 2 is 1.73 bits per heavy atom. The maximum Gasteiger partial charge on any atom is 0.137 e. The van der Waals surface area contributed by atoms with E-state index in [0.717, 1.165) is 26.5 Å². The Kier molecular flexibility index (Phi) is 13.4. The first-order valence-corrected chi connectivity index (χ1v) is 11.0. The summed E-state index contributed by atoms with van der Waals surface area (Å²) in [5, 5.41) is 22.2. The number of aryl methyl sites for hydroxylation is 5. The summed E-state index contributed by atoms with van der Waals surface area (Å²) >= 11 is 4.64. The summed E-state index contributed by atoms with van der Waals surface area (Å²) < 4.78 is 8.22. The van der Waals surface area contributed by atoms with Crippen LogP contribution in [0.25, 0.3) is 0 Å². The number of thiazole rings is 1. The molecule has 0 saturated heterocycles. The van der Waals surface area contributed by atoms with E-state index in [9.17, 15) is 0 Å². The fraction of sp³-hybridized carbons (Fsp3) is 0.294. The summed E-state index contributed by atoms with van der Waals surface area (Å²) in [6, 6.07) is 1.81. The molecule has 0 radical (unpaired) electrons. The van der Waals surface area contributed by atoms with Crippen molar-refractivity contribution in [3.05, 3.63) is 68.6 Å². The maximum atomic E-state index is 4.46. The molecule has 160 valence electrons. The van der Waals surface area contributed by atoms with Crippen LogP contribution in [0.4, 0.5) is 0 Å². The molecule has 30 heavy (non-hydrogen) atoms. The zero-order chi connectivity index (χ0) is 22.0. The third-order valence-electron chi connectivity index (χ3n) is 2.60. The minimum absolute atomic E-state index is 0.856. The summed E-state index contributed by atoms with van der Waals surface area (Å²) in [5.41, 5.74) is 2.64. The Hall–Kier alpha value is -2.90. The van der Waals surface area contributed by atoms with Crippen LogP contribution in [0.5, 0.6) is 0 Å². The number of H-pyrrole nitrogens is 1. The highest BCUT2D eigenvalue weighted by Crippen LogP contribution is 1.98. The van der Waals surface area contributed by atoms with Gasteiger partial charge >= 0.3 is 0 Å². The predicted octanol–water partition coefficient (Wildman–Crippen LogP) is 4.24. The molecule has 0 unspecified atom stereocenters. The number of rotatable bonds is 0. The lowest BCUT2D eigenvalue weighted by Crippen LogP contribution is -1.68.